The number of ether oxygens (including phenoxy) is 6. The second-order valence-corrected chi connectivity index (χ2v) is 15.4. The fourth-order valence-corrected chi connectivity index (χ4v) is 5.94. The van der Waals surface area contributed by atoms with Gasteiger partial charge < -0.3 is 44.4 Å². The van der Waals surface area contributed by atoms with Gasteiger partial charge in [-0.2, -0.15) is 0 Å². The summed E-state index contributed by atoms with van der Waals surface area (Å²) in [5, 5.41) is 8.61. The fraction of sp³-hybridized carbons (Fsp3) is 0.391. The second kappa shape index (κ2) is 25.0. The van der Waals surface area contributed by atoms with Crippen LogP contribution in [0.15, 0.2) is 91.1 Å². The molecule has 0 bridgehead atoms. The molecule has 1 aromatic heterocycles. The van der Waals surface area contributed by atoms with Crippen LogP contribution in [0.2, 0.25) is 0 Å². The highest BCUT2D eigenvalue weighted by molar-refractivity contribution is 5.94. The Balaban J connectivity index is 1.33. The van der Waals surface area contributed by atoms with Crippen molar-refractivity contribution in [2.75, 3.05) is 33.3 Å². The van der Waals surface area contributed by atoms with Gasteiger partial charge in [0.2, 0.25) is 0 Å². The number of hydrogen-bond acceptors (Lipinski definition) is 13. The van der Waals surface area contributed by atoms with E-state index in [1.165, 1.54) is 6.20 Å². The Bertz CT molecular complexity index is 2060. The number of hydrogen-bond donors (Lipinski definition) is 5. The van der Waals surface area contributed by atoms with E-state index >= 15 is 0 Å². The Morgan fingerprint density at radius 1 is 0.667 bits per heavy atom. The summed E-state index contributed by atoms with van der Waals surface area (Å²) < 4.78 is 31.9. The predicted octanol–water partition coefficient (Wildman–Crippen LogP) is 6.41. The quantitative estimate of drug-likeness (QED) is 0.0236. The van der Waals surface area contributed by atoms with Crippen LogP contribution >= 0.6 is 0 Å². The number of unbranched alkanes of at least 4 members (excludes halogenated alkanes) is 1. The molecule has 0 saturated heterocycles. The van der Waals surface area contributed by atoms with Crippen LogP contribution in [0.4, 0.5) is 15.4 Å². The molecule has 0 aliphatic heterocycles. The summed E-state index contributed by atoms with van der Waals surface area (Å²) in [5.74, 6) is 0.729. The van der Waals surface area contributed by atoms with Gasteiger partial charge in [-0.15, -0.1) is 0 Å². The van der Waals surface area contributed by atoms with Gasteiger partial charge in [0.15, 0.2) is 0 Å². The van der Waals surface area contributed by atoms with E-state index in [-0.39, 0.29) is 38.0 Å². The molecule has 0 fully saturated rings. The van der Waals surface area contributed by atoms with Crippen LogP contribution in [0.1, 0.15) is 79.9 Å². The van der Waals surface area contributed by atoms with Crippen molar-refractivity contribution in [3.8, 4) is 17.2 Å². The Kier molecular flexibility index (Phi) is 19.3. The van der Waals surface area contributed by atoms with Crippen LogP contribution in [0, 0.1) is 0 Å². The molecule has 17 heteroatoms. The van der Waals surface area contributed by atoms with Gasteiger partial charge in [-0.25, -0.2) is 24.8 Å². The van der Waals surface area contributed by atoms with Crippen LogP contribution < -0.4 is 41.0 Å². The van der Waals surface area contributed by atoms with E-state index in [4.69, 9.17) is 28.4 Å². The maximum atomic E-state index is 13.6. The summed E-state index contributed by atoms with van der Waals surface area (Å²) in [6.07, 6.45) is 2.70. The van der Waals surface area contributed by atoms with E-state index < -0.39 is 35.7 Å². The summed E-state index contributed by atoms with van der Waals surface area (Å²) in [4.78, 5) is 68.8. The molecule has 0 aliphatic rings. The van der Waals surface area contributed by atoms with Crippen LogP contribution in [0.25, 0.3) is 0 Å². The third-order valence-corrected chi connectivity index (χ3v) is 9.28. The van der Waals surface area contributed by atoms with Crippen LogP contribution in [-0.2, 0) is 43.4 Å². The molecular formula is C46H58N6O11. The van der Waals surface area contributed by atoms with Gasteiger partial charge in [-0.3, -0.25) is 15.0 Å². The van der Waals surface area contributed by atoms with Gasteiger partial charge in [0.1, 0.15) is 47.9 Å². The number of rotatable bonds is 23. The first kappa shape index (κ1) is 48.6. The minimum absolute atomic E-state index is 0.0265. The van der Waals surface area contributed by atoms with Gasteiger partial charge in [-0.1, -0.05) is 36.4 Å². The standard InChI is InChI=1S/C46H58N6O11/c1-46(2,3)63-45(57)52-51-40-24-16-34(28-48-40)42(54)47-26-8-7-9-35(27-31-10-17-36(58-4)18-11-31)49-44(56)50-39(43(55)62-30-33-14-21-38(60-6)22-15-33)23-25-41(53)61-29-32-12-19-37(59-5)20-13-32/h10-22,24,28,35,39H,7-9,23,25-27,29-30H2,1-6H3,(H,47,54)(H,48,51)(H,52,57)(H2,49,50,56). The Hall–Kier alpha value is -7.04. The third kappa shape index (κ3) is 18.2. The monoisotopic (exact) mass is 870 g/mol. The number of nitrogens with zero attached hydrogens (tertiary/aromatic N) is 1. The van der Waals surface area contributed by atoms with E-state index in [2.05, 4.69) is 31.8 Å². The lowest BCUT2D eigenvalue weighted by Crippen LogP contribution is -2.50. The van der Waals surface area contributed by atoms with Crippen LogP contribution in [0.5, 0.6) is 17.2 Å². The Labute approximate surface area is 367 Å². The topological polar surface area (TPSA) is 214 Å². The van der Waals surface area contributed by atoms with Crippen molar-refractivity contribution in [2.45, 2.75) is 90.2 Å². The number of esters is 2. The number of pyridine rings is 1. The van der Waals surface area contributed by atoms with Crippen molar-refractivity contribution in [1.82, 2.24) is 26.4 Å². The Morgan fingerprint density at radius 3 is 1.78 bits per heavy atom. The van der Waals surface area contributed by atoms with Crippen molar-refractivity contribution in [2.24, 2.45) is 0 Å². The molecule has 63 heavy (non-hydrogen) atoms. The van der Waals surface area contributed by atoms with Gasteiger partial charge in [-0.05, 0) is 118 Å². The van der Waals surface area contributed by atoms with Crippen molar-refractivity contribution in [3.05, 3.63) is 113 Å². The minimum atomic E-state index is -1.17. The average Bonchev–Trinajstić information content (AvgIpc) is 3.28. The molecule has 4 aromatic rings. The van der Waals surface area contributed by atoms with E-state index in [1.807, 2.05) is 24.3 Å². The van der Waals surface area contributed by atoms with E-state index in [9.17, 15) is 24.0 Å². The molecule has 338 valence electrons. The molecule has 4 rings (SSSR count). The lowest BCUT2D eigenvalue weighted by atomic mass is 10.0. The molecule has 0 radical (unpaired) electrons. The van der Waals surface area contributed by atoms with Gasteiger partial charge >= 0.3 is 24.1 Å². The number of benzene rings is 3. The smallest absolute Gasteiger partial charge is 0.426 e. The number of methoxy groups -OCH3 is 3. The number of carbonyl (C=O) groups excluding carboxylic acids is 5. The predicted molar refractivity (Wildman–Crippen MR) is 234 cm³/mol. The largest absolute Gasteiger partial charge is 0.497 e. The lowest BCUT2D eigenvalue weighted by Gasteiger charge is -2.22. The highest BCUT2D eigenvalue weighted by atomic mass is 16.6. The van der Waals surface area contributed by atoms with Crippen molar-refractivity contribution < 1.29 is 52.4 Å². The number of nitrogens with one attached hydrogen (secondary N) is 5. The minimum Gasteiger partial charge on any atom is -0.497 e. The molecule has 0 spiro atoms. The van der Waals surface area contributed by atoms with E-state index in [0.717, 1.165) is 11.1 Å². The summed E-state index contributed by atoms with van der Waals surface area (Å²) in [5.41, 5.74) is 7.10. The lowest BCUT2D eigenvalue weighted by molar-refractivity contribution is -0.148. The normalized spacial score (nSPS) is 11.8. The number of carbonyl (C=O) groups is 5. The van der Waals surface area contributed by atoms with Gasteiger partial charge in [0.25, 0.3) is 5.91 Å². The van der Waals surface area contributed by atoms with Crippen LogP contribution in [0.3, 0.4) is 0 Å². The highest BCUT2D eigenvalue weighted by Crippen LogP contribution is 2.17. The molecule has 2 unspecified atom stereocenters. The molecule has 5 N–H and O–H groups in total. The first-order valence-corrected chi connectivity index (χ1v) is 20.5. The zero-order chi connectivity index (χ0) is 45.6. The third-order valence-electron chi connectivity index (χ3n) is 9.28. The first-order valence-electron chi connectivity index (χ1n) is 20.5. The summed E-state index contributed by atoms with van der Waals surface area (Å²) in [7, 11) is 4.69. The van der Waals surface area contributed by atoms with Crippen molar-refractivity contribution in [3.63, 3.8) is 0 Å². The zero-order valence-electron chi connectivity index (χ0n) is 36.6. The second-order valence-electron chi connectivity index (χ2n) is 15.4. The Morgan fingerprint density at radius 2 is 1.24 bits per heavy atom. The average molecular weight is 871 g/mol. The van der Waals surface area contributed by atoms with Crippen LogP contribution in [-0.4, -0.2) is 80.5 Å². The number of urea groups is 1. The fourth-order valence-electron chi connectivity index (χ4n) is 5.94. The molecule has 3 aromatic carbocycles. The van der Waals surface area contributed by atoms with Crippen molar-refractivity contribution >= 4 is 35.8 Å². The van der Waals surface area contributed by atoms with Gasteiger partial charge in [0, 0.05) is 25.2 Å². The molecule has 17 nitrogen and oxygen atoms in total. The van der Waals surface area contributed by atoms with E-state index in [1.54, 1.807) is 103 Å². The summed E-state index contributed by atoms with van der Waals surface area (Å²) >= 11 is 0. The van der Waals surface area contributed by atoms with Gasteiger partial charge in [0.05, 0.1) is 26.9 Å². The number of hydrazine groups is 1. The van der Waals surface area contributed by atoms with Crippen molar-refractivity contribution in [1.29, 1.82) is 0 Å². The highest BCUT2D eigenvalue weighted by Gasteiger charge is 2.25. The molecule has 0 aliphatic carbocycles. The van der Waals surface area contributed by atoms with E-state index in [0.29, 0.717) is 66.4 Å². The molecule has 4 amide bonds. The number of aromatic nitrogens is 1. The first-order chi connectivity index (χ1) is 30.2. The SMILES string of the molecule is COc1ccc(COC(=O)CCC(NC(=O)NC(CCCCNC(=O)c2ccc(NNC(=O)OC(C)(C)C)nc2)Cc2ccc(OC)cc2)C(=O)OCc2ccc(OC)cc2)cc1. The molecule has 2 atom stereocenters. The summed E-state index contributed by atoms with van der Waals surface area (Å²) in [6.45, 7) is 5.56. The number of anilines is 1. The maximum absolute atomic E-state index is 13.6. The molecule has 0 saturated carbocycles. The molecule has 1 heterocycles. The number of amides is 4. The molecular weight excluding hydrogens is 813 g/mol. The maximum Gasteiger partial charge on any atom is 0.426 e. The zero-order valence-corrected chi connectivity index (χ0v) is 36.6. The summed E-state index contributed by atoms with van der Waals surface area (Å²) in [6, 6.07) is 22.5.